The molecule has 0 N–H and O–H groups in total. The van der Waals surface area contributed by atoms with Gasteiger partial charge in [0.1, 0.15) is 5.75 Å². The summed E-state index contributed by atoms with van der Waals surface area (Å²) in [6, 6.07) is 13.6. The highest BCUT2D eigenvalue weighted by atomic mass is 32.1. The molecule has 0 bridgehead atoms. The van der Waals surface area contributed by atoms with Crippen LogP contribution in [0.15, 0.2) is 47.8 Å². The Labute approximate surface area is 121 Å². The van der Waals surface area contributed by atoms with Crippen molar-refractivity contribution in [3.05, 3.63) is 64.5 Å². The maximum Gasteiger partial charge on any atom is 0.194 e. The summed E-state index contributed by atoms with van der Waals surface area (Å²) >= 11 is 1.60. The standard InChI is InChI=1S/C17H14O2S/c1-11-7-8-12(9-15(11)19-2)17(18)14-10-20-16-6-4-3-5-13(14)16/h3-10H,1-2H3. The van der Waals surface area contributed by atoms with E-state index < -0.39 is 0 Å². The van der Waals surface area contributed by atoms with Gasteiger partial charge in [0.15, 0.2) is 5.78 Å². The summed E-state index contributed by atoms with van der Waals surface area (Å²) in [5.41, 5.74) is 2.45. The Morgan fingerprint density at radius 1 is 1.15 bits per heavy atom. The van der Waals surface area contributed by atoms with Gasteiger partial charge in [-0.25, -0.2) is 0 Å². The summed E-state index contributed by atoms with van der Waals surface area (Å²) in [5, 5.41) is 2.95. The molecule has 1 heterocycles. The predicted octanol–water partition coefficient (Wildman–Crippen LogP) is 4.45. The maximum atomic E-state index is 12.7. The molecule has 0 saturated heterocycles. The van der Waals surface area contributed by atoms with E-state index in [1.165, 1.54) is 0 Å². The minimum atomic E-state index is 0.0424. The van der Waals surface area contributed by atoms with E-state index in [0.29, 0.717) is 5.56 Å². The number of carbonyl (C=O) groups excluding carboxylic acids is 1. The maximum absolute atomic E-state index is 12.7. The van der Waals surface area contributed by atoms with Gasteiger partial charge in [-0.05, 0) is 24.6 Å². The van der Waals surface area contributed by atoms with E-state index >= 15 is 0 Å². The molecule has 3 heteroatoms. The van der Waals surface area contributed by atoms with E-state index in [-0.39, 0.29) is 5.78 Å². The highest BCUT2D eigenvalue weighted by molar-refractivity contribution is 7.17. The molecular weight excluding hydrogens is 268 g/mol. The molecule has 0 radical (unpaired) electrons. The Morgan fingerprint density at radius 2 is 1.95 bits per heavy atom. The summed E-state index contributed by atoms with van der Waals surface area (Å²) in [4.78, 5) is 12.7. The molecule has 0 spiro atoms. The van der Waals surface area contributed by atoms with Crippen molar-refractivity contribution in [3.8, 4) is 5.75 Å². The van der Waals surface area contributed by atoms with E-state index in [1.807, 2.05) is 54.8 Å². The number of aryl methyl sites for hydroxylation is 1. The Hall–Kier alpha value is -2.13. The van der Waals surface area contributed by atoms with Gasteiger partial charge in [-0.2, -0.15) is 0 Å². The van der Waals surface area contributed by atoms with Gasteiger partial charge >= 0.3 is 0 Å². The molecule has 2 nitrogen and oxygen atoms in total. The van der Waals surface area contributed by atoms with Crippen LogP contribution in [0.5, 0.6) is 5.75 Å². The lowest BCUT2D eigenvalue weighted by atomic mass is 10.0. The van der Waals surface area contributed by atoms with Crippen molar-refractivity contribution in [2.75, 3.05) is 7.11 Å². The molecule has 0 aliphatic rings. The Balaban J connectivity index is 2.08. The van der Waals surface area contributed by atoms with E-state index in [0.717, 1.165) is 27.0 Å². The van der Waals surface area contributed by atoms with Crippen LogP contribution in [-0.2, 0) is 0 Å². The smallest absolute Gasteiger partial charge is 0.194 e. The SMILES string of the molecule is COc1cc(C(=O)c2csc3ccccc23)ccc1C. The monoisotopic (exact) mass is 282 g/mol. The molecule has 100 valence electrons. The number of thiophene rings is 1. The van der Waals surface area contributed by atoms with Gasteiger partial charge in [-0.3, -0.25) is 4.79 Å². The average molecular weight is 282 g/mol. The number of rotatable bonds is 3. The van der Waals surface area contributed by atoms with Crippen LogP contribution in [0.3, 0.4) is 0 Å². The first-order valence-corrected chi connectivity index (χ1v) is 7.24. The lowest BCUT2D eigenvalue weighted by Gasteiger charge is -2.06. The van der Waals surface area contributed by atoms with E-state index in [4.69, 9.17) is 4.74 Å². The van der Waals surface area contributed by atoms with Crippen LogP contribution in [0.1, 0.15) is 21.5 Å². The van der Waals surface area contributed by atoms with Gasteiger partial charge in [0.2, 0.25) is 0 Å². The van der Waals surface area contributed by atoms with Crippen LogP contribution >= 0.6 is 11.3 Å². The summed E-state index contributed by atoms with van der Waals surface area (Å²) in [6.45, 7) is 1.97. The van der Waals surface area contributed by atoms with Crippen molar-refractivity contribution in [1.82, 2.24) is 0 Å². The fraction of sp³-hybridized carbons (Fsp3) is 0.118. The average Bonchev–Trinajstić information content (AvgIpc) is 2.91. The molecule has 3 rings (SSSR count). The van der Waals surface area contributed by atoms with Gasteiger partial charge in [0.25, 0.3) is 0 Å². The summed E-state index contributed by atoms with van der Waals surface area (Å²) < 4.78 is 6.43. The van der Waals surface area contributed by atoms with Crippen LogP contribution in [0.2, 0.25) is 0 Å². The zero-order valence-corrected chi connectivity index (χ0v) is 12.2. The van der Waals surface area contributed by atoms with Crippen LogP contribution in [0.4, 0.5) is 0 Å². The summed E-state index contributed by atoms with van der Waals surface area (Å²) in [5.74, 6) is 0.788. The first-order chi connectivity index (χ1) is 9.70. The van der Waals surface area contributed by atoms with Crippen LogP contribution < -0.4 is 4.74 Å². The van der Waals surface area contributed by atoms with Crippen LogP contribution in [0, 0.1) is 6.92 Å². The summed E-state index contributed by atoms with van der Waals surface area (Å²) in [7, 11) is 1.62. The molecule has 0 unspecified atom stereocenters. The zero-order chi connectivity index (χ0) is 14.1. The molecule has 0 fully saturated rings. The number of benzene rings is 2. The van der Waals surface area contributed by atoms with Gasteiger partial charge in [-0.15, -0.1) is 11.3 Å². The molecule has 0 saturated carbocycles. The van der Waals surface area contributed by atoms with E-state index in [1.54, 1.807) is 18.4 Å². The lowest BCUT2D eigenvalue weighted by molar-refractivity contribution is 0.104. The topological polar surface area (TPSA) is 26.3 Å². The first kappa shape index (κ1) is 12.9. The normalized spacial score (nSPS) is 10.7. The Kier molecular flexibility index (Phi) is 3.28. The minimum Gasteiger partial charge on any atom is -0.496 e. The lowest BCUT2D eigenvalue weighted by Crippen LogP contribution is -2.01. The molecule has 0 aliphatic heterocycles. The van der Waals surface area contributed by atoms with Crippen LogP contribution in [0.25, 0.3) is 10.1 Å². The van der Waals surface area contributed by atoms with E-state index in [2.05, 4.69) is 0 Å². The molecular formula is C17H14O2S. The number of ketones is 1. The van der Waals surface area contributed by atoms with Gasteiger partial charge in [-0.1, -0.05) is 30.3 Å². The van der Waals surface area contributed by atoms with Crippen molar-refractivity contribution in [3.63, 3.8) is 0 Å². The highest BCUT2D eigenvalue weighted by Gasteiger charge is 2.15. The largest absolute Gasteiger partial charge is 0.496 e. The van der Waals surface area contributed by atoms with Crippen molar-refractivity contribution >= 4 is 27.2 Å². The Morgan fingerprint density at radius 3 is 2.75 bits per heavy atom. The summed E-state index contributed by atoms with van der Waals surface area (Å²) in [6.07, 6.45) is 0. The number of ether oxygens (including phenoxy) is 1. The number of carbonyl (C=O) groups is 1. The molecule has 0 amide bonds. The van der Waals surface area contributed by atoms with Gasteiger partial charge < -0.3 is 4.74 Å². The molecule has 20 heavy (non-hydrogen) atoms. The van der Waals surface area contributed by atoms with Crippen molar-refractivity contribution in [2.24, 2.45) is 0 Å². The zero-order valence-electron chi connectivity index (χ0n) is 11.3. The minimum absolute atomic E-state index is 0.0424. The third kappa shape index (κ3) is 2.10. The van der Waals surface area contributed by atoms with Crippen molar-refractivity contribution in [2.45, 2.75) is 6.92 Å². The van der Waals surface area contributed by atoms with E-state index in [9.17, 15) is 4.79 Å². The fourth-order valence-electron chi connectivity index (χ4n) is 2.27. The third-order valence-electron chi connectivity index (χ3n) is 3.40. The number of methoxy groups -OCH3 is 1. The number of fused-ring (bicyclic) bond motifs is 1. The van der Waals surface area contributed by atoms with Crippen molar-refractivity contribution in [1.29, 1.82) is 0 Å². The third-order valence-corrected chi connectivity index (χ3v) is 4.36. The first-order valence-electron chi connectivity index (χ1n) is 6.36. The Bertz CT molecular complexity index is 787. The second-order valence-electron chi connectivity index (χ2n) is 4.66. The van der Waals surface area contributed by atoms with Crippen LogP contribution in [-0.4, -0.2) is 12.9 Å². The molecule has 1 aromatic heterocycles. The van der Waals surface area contributed by atoms with Gasteiger partial charge in [0, 0.05) is 26.6 Å². The second kappa shape index (κ2) is 5.10. The predicted molar refractivity (Wildman–Crippen MR) is 83.0 cm³/mol. The molecule has 0 atom stereocenters. The molecule has 3 aromatic rings. The van der Waals surface area contributed by atoms with Crippen molar-refractivity contribution < 1.29 is 9.53 Å². The second-order valence-corrected chi connectivity index (χ2v) is 5.57. The highest BCUT2D eigenvalue weighted by Crippen LogP contribution is 2.29. The van der Waals surface area contributed by atoms with Gasteiger partial charge in [0.05, 0.1) is 7.11 Å². The molecule has 0 aliphatic carbocycles. The number of hydrogen-bond donors (Lipinski definition) is 0. The number of hydrogen-bond acceptors (Lipinski definition) is 3. The quantitative estimate of drug-likeness (QED) is 0.663. The molecule has 2 aromatic carbocycles. The fourth-order valence-corrected chi connectivity index (χ4v) is 3.21.